The number of hydrogen-bond donors (Lipinski definition) is 2. The molecule has 2 N–H and O–H groups in total. The molecule has 0 unspecified atom stereocenters. The van der Waals surface area contributed by atoms with Gasteiger partial charge in [0.15, 0.2) is 6.61 Å². The number of para-hydroxylation sites is 2. The minimum Gasteiger partial charge on any atom is -0.482 e. The number of carbonyl (C=O) groups excluding carboxylic acids is 1. The van der Waals surface area contributed by atoms with E-state index in [0.29, 0.717) is 0 Å². The second-order valence-electron chi connectivity index (χ2n) is 5.55. The topological polar surface area (TPSA) is 53.6 Å². The molecule has 0 atom stereocenters. The lowest BCUT2D eigenvalue weighted by atomic mass is 10.2. The Morgan fingerprint density at radius 2 is 2.00 bits per heavy atom. The Bertz CT molecular complexity index is 673. The van der Waals surface area contributed by atoms with E-state index in [4.69, 9.17) is 4.74 Å². The zero-order chi connectivity index (χ0) is 16.1. The number of nitrogens with one attached hydrogen (secondary N) is 2. The highest BCUT2D eigenvalue weighted by Crippen LogP contribution is 2.34. The summed E-state index contributed by atoms with van der Waals surface area (Å²) in [5, 5.41) is 6.25. The van der Waals surface area contributed by atoms with Gasteiger partial charge in [0, 0.05) is 25.8 Å². The number of hydrogen-bond acceptors (Lipinski definition) is 4. The number of benzene rings is 2. The van der Waals surface area contributed by atoms with Crippen LogP contribution in [0.15, 0.2) is 48.5 Å². The number of ether oxygens (including phenoxy) is 1. The summed E-state index contributed by atoms with van der Waals surface area (Å²) in [6.45, 7) is 1.86. The number of anilines is 3. The molecule has 0 radical (unpaired) electrons. The Hall–Kier alpha value is -2.69. The first kappa shape index (κ1) is 15.2. The molecule has 2 aromatic carbocycles. The van der Waals surface area contributed by atoms with Crippen LogP contribution < -0.4 is 20.3 Å². The van der Waals surface area contributed by atoms with E-state index in [2.05, 4.69) is 34.7 Å². The summed E-state index contributed by atoms with van der Waals surface area (Å²) >= 11 is 0. The zero-order valence-electron chi connectivity index (χ0n) is 13.2. The van der Waals surface area contributed by atoms with Crippen molar-refractivity contribution in [2.24, 2.45) is 0 Å². The molecular formula is C18H21N3O2. The lowest BCUT2D eigenvalue weighted by molar-refractivity contribution is -0.118. The van der Waals surface area contributed by atoms with Gasteiger partial charge >= 0.3 is 0 Å². The lowest BCUT2D eigenvalue weighted by Gasteiger charge is -2.22. The van der Waals surface area contributed by atoms with Crippen LogP contribution in [-0.2, 0) is 4.79 Å². The van der Waals surface area contributed by atoms with Crippen LogP contribution in [-0.4, -0.2) is 32.7 Å². The van der Waals surface area contributed by atoms with Crippen LogP contribution in [0.5, 0.6) is 5.75 Å². The van der Waals surface area contributed by atoms with E-state index in [-0.39, 0.29) is 12.5 Å². The third-order valence-electron chi connectivity index (χ3n) is 3.83. The maximum atomic E-state index is 11.5. The second kappa shape index (κ2) is 7.05. The fraction of sp³-hybridized carbons (Fsp3) is 0.278. The van der Waals surface area contributed by atoms with Crippen molar-refractivity contribution in [2.45, 2.75) is 6.42 Å². The first-order chi connectivity index (χ1) is 11.2. The van der Waals surface area contributed by atoms with Crippen LogP contribution in [0, 0.1) is 0 Å². The molecule has 0 fully saturated rings. The largest absolute Gasteiger partial charge is 0.482 e. The third-order valence-corrected chi connectivity index (χ3v) is 3.83. The quantitative estimate of drug-likeness (QED) is 0.805. The van der Waals surface area contributed by atoms with Crippen LogP contribution >= 0.6 is 0 Å². The van der Waals surface area contributed by atoms with Gasteiger partial charge in [-0.1, -0.05) is 24.3 Å². The monoisotopic (exact) mass is 311 g/mol. The fourth-order valence-corrected chi connectivity index (χ4v) is 2.60. The average Bonchev–Trinajstić information content (AvgIpc) is 2.59. The molecule has 5 nitrogen and oxygen atoms in total. The van der Waals surface area contributed by atoms with Gasteiger partial charge in [-0.05, 0) is 30.7 Å². The molecule has 1 heterocycles. The van der Waals surface area contributed by atoms with Gasteiger partial charge in [0.05, 0.1) is 5.69 Å². The lowest BCUT2D eigenvalue weighted by Crippen LogP contribution is -2.26. The Morgan fingerprint density at radius 3 is 2.83 bits per heavy atom. The molecule has 23 heavy (non-hydrogen) atoms. The summed E-state index contributed by atoms with van der Waals surface area (Å²) in [6.07, 6.45) is 0.990. The van der Waals surface area contributed by atoms with Crippen molar-refractivity contribution in [3.63, 3.8) is 0 Å². The van der Waals surface area contributed by atoms with E-state index < -0.39 is 0 Å². The summed E-state index contributed by atoms with van der Waals surface area (Å²) in [6, 6.07) is 16.1. The van der Waals surface area contributed by atoms with E-state index in [1.54, 1.807) is 0 Å². The summed E-state index contributed by atoms with van der Waals surface area (Å²) in [7, 11) is 2.09. The molecule has 120 valence electrons. The molecule has 0 bridgehead atoms. The highest BCUT2D eigenvalue weighted by atomic mass is 16.5. The van der Waals surface area contributed by atoms with Crippen molar-refractivity contribution in [3.05, 3.63) is 48.5 Å². The molecule has 5 heteroatoms. The third kappa shape index (κ3) is 3.74. The molecule has 2 aromatic rings. The highest BCUT2D eigenvalue weighted by Gasteiger charge is 2.18. The van der Waals surface area contributed by atoms with Crippen LogP contribution in [0.1, 0.15) is 6.42 Å². The standard InChI is InChI=1S/C18H21N3O2/c1-21(14-7-3-2-4-8-14)12-6-11-19-15-9-5-10-16-18(15)20-17(22)13-23-16/h2-5,7-10,19H,6,11-13H2,1H3,(H,20,22). The molecule has 1 aliphatic rings. The van der Waals surface area contributed by atoms with Gasteiger partial charge in [0.1, 0.15) is 11.4 Å². The molecule has 1 aliphatic heterocycles. The predicted octanol–water partition coefficient (Wildman–Crippen LogP) is 2.96. The molecule has 3 rings (SSSR count). The Labute approximate surface area is 136 Å². The summed E-state index contributed by atoms with van der Waals surface area (Å²) < 4.78 is 5.42. The van der Waals surface area contributed by atoms with Gasteiger partial charge in [-0.3, -0.25) is 4.79 Å². The van der Waals surface area contributed by atoms with Crippen LogP contribution in [0.2, 0.25) is 0 Å². The molecule has 0 spiro atoms. The van der Waals surface area contributed by atoms with E-state index in [0.717, 1.165) is 36.6 Å². The number of amides is 1. The smallest absolute Gasteiger partial charge is 0.262 e. The van der Waals surface area contributed by atoms with Crippen LogP contribution in [0.25, 0.3) is 0 Å². The molecule has 0 saturated heterocycles. The van der Waals surface area contributed by atoms with Crippen molar-refractivity contribution in [1.82, 2.24) is 0 Å². The van der Waals surface area contributed by atoms with Gasteiger partial charge in [-0.2, -0.15) is 0 Å². The normalized spacial score (nSPS) is 12.8. The van der Waals surface area contributed by atoms with Crippen molar-refractivity contribution in [1.29, 1.82) is 0 Å². The second-order valence-corrected chi connectivity index (χ2v) is 5.55. The number of nitrogens with zero attached hydrogens (tertiary/aromatic N) is 1. The zero-order valence-corrected chi connectivity index (χ0v) is 13.2. The molecule has 1 amide bonds. The first-order valence-corrected chi connectivity index (χ1v) is 7.80. The van der Waals surface area contributed by atoms with Gasteiger partial charge in [0.2, 0.25) is 0 Å². The molecule has 0 aromatic heterocycles. The maximum absolute atomic E-state index is 11.5. The maximum Gasteiger partial charge on any atom is 0.262 e. The van der Waals surface area contributed by atoms with E-state index >= 15 is 0 Å². The number of rotatable bonds is 6. The Morgan fingerprint density at radius 1 is 1.17 bits per heavy atom. The minimum absolute atomic E-state index is 0.0817. The number of fused-ring (bicyclic) bond motifs is 1. The van der Waals surface area contributed by atoms with Crippen molar-refractivity contribution < 1.29 is 9.53 Å². The van der Waals surface area contributed by atoms with E-state index in [1.807, 2.05) is 36.4 Å². The van der Waals surface area contributed by atoms with Gasteiger partial charge in [-0.15, -0.1) is 0 Å². The van der Waals surface area contributed by atoms with Crippen molar-refractivity contribution in [2.75, 3.05) is 42.3 Å². The first-order valence-electron chi connectivity index (χ1n) is 7.80. The van der Waals surface area contributed by atoms with Crippen LogP contribution in [0.3, 0.4) is 0 Å². The Balaban J connectivity index is 1.53. The van der Waals surface area contributed by atoms with Crippen molar-refractivity contribution >= 4 is 23.0 Å². The van der Waals surface area contributed by atoms with E-state index in [9.17, 15) is 4.79 Å². The molecule has 0 aliphatic carbocycles. The average molecular weight is 311 g/mol. The highest BCUT2D eigenvalue weighted by molar-refractivity contribution is 5.99. The predicted molar refractivity (Wildman–Crippen MR) is 93.4 cm³/mol. The van der Waals surface area contributed by atoms with Gasteiger partial charge in [-0.25, -0.2) is 0 Å². The van der Waals surface area contributed by atoms with Gasteiger partial charge < -0.3 is 20.3 Å². The molecule has 0 saturated carbocycles. The van der Waals surface area contributed by atoms with Crippen molar-refractivity contribution in [3.8, 4) is 5.75 Å². The SMILES string of the molecule is CN(CCCNc1cccc2c1NC(=O)CO2)c1ccccc1. The summed E-state index contributed by atoms with van der Waals surface area (Å²) in [4.78, 5) is 13.7. The molecular weight excluding hydrogens is 290 g/mol. The van der Waals surface area contributed by atoms with Crippen LogP contribution in [0.4, 0.5) is 17.1 Å². The minimum atomic E-state index is -0.115. The van der Waals surface area contributed by atoms with E-state index in [1.165, 1.54) is 5.69 Å². The Kier molecular flexibility index (Phi) is 4.66. The summed E-state index contributed by atoms with van der Waals surface area (Å²) in [5.74, 6) is 0.603. The van der Waals surface area contributed by atoms with Gasteiger partial charge in [0.25, 0.3) is 5.91 Å². The number of carbonyl (C=O) groups is 1. The fourth-order valence-electron chi connectivity index (χ4n) is 2.60. The summed E-state index contributed by atoms with van der Waals surface area (Å²) in [5.41, 5.74) is 2.85.